The van der Waals surface area contributed by atoms with E-state index in [9.17, 15) is 4.79 Å². The summed E-state index contributed by atoms with van der Waals surface area (Å²) in [4.78, 5) is 28.4. The van der Waals surface area contributed by atoms with Crippen molar-refractivity contribution in [1.82, 2.24) is 9.13 Å². The average Bonchev–Trinajstić information content (AvgIpc) is 1.59. The van der Waals surface area contributed by atoms with Crippen LogP contribution in [-0.4, -0.2) is 14.9 Å². The SMILES string of the molecule is O=C1c2cc(-c3ccc(-n4c5ccc(N(c6ccccc6)c6ccccc6)cc5c5cc(N(c6ccccc6)c6ccccc6)ccc54)cc3)sc2-c2sc(C3C=CC(n4c5ccc(N(c6ccccc6)c6ccccc6)cc5c5cc(N(c6ccccc6)c6ccccc6)ccc54)=CC3)cc21. The van der Waals surface area contributed by atoms with Crippen LogP contribution in [0.3, 0.4) is 0 Å². The molecule has 19 rings (SSSR count). The van der Waals surface area contributed by atoms with Crippen molar-refractivity contribution < 1.29 is 4.79 Å². The Hall–Kier alpha value is -12.8. The van der Waals surface area contributed by atoms with Crippen LogP contribution in [-0.2, 0) is 0 Å². The predicted octanol–water partition coefficient (Wildman–Crippen LogP) is 26.4. The first-order valence-corrected chi connectivity index (χ1v) is 36.2. The van der Waals surface area contributed by atoms with Crippen LogP contribution in [0.5, 0.6) is 0 Å². The molecule has 2 aliphatic rings. The van der Waals surface area contributed by atoms with E-state index in [4.69, 9.17) is 0 Å². The standard InChI is InChI=1S/C93H64N6OS2/c100-91-83-61-89(63-41-45-73(46-42-63)98-85-53-49-75(94(65-25-9-1-10-26-65)66-27-11-2-12-28-66)57-79(85)80-58-76(50-54-86(80)98)95(67-29-13-3-14-30-67)68-31-15-4-16-32-68)101-92(83)93-84(91)62-90(102-93)64-43-47-74(48-44-64)99-87-55-51-77(96(69-33-17-5-18-34-69)70-35-19-6-20-36-70)59-81(87)82-60-78(52-56-88(82)99)97(71-37-21-7-22-38-71)72-39-23-8-24-40-72/h1-43,45-62,64H,44H2. The van der Waals surface area contributed by atoms with Gasteiger partial charge >= 0.3 is 0 Å². The van der Waals surface area contributed by atoms with Crippen LogP contribution in [0.25, 0.3) is 75.2 Å². The second-order valence-corrected chi connectivity index (χ2v) is 28.1. The molecule has 1 atom stereocenters. The molecule has 0 saturated heterocycles. The zero-order chi connectivity index (χ0) is 67.6. The van der Waals surface area contributed by atoms with Crippen LogP contribution in [0.2, 0.25) is 0 Å². The van der Waals surface area contributed by atoms with Gasteiger partial charge in [-0.2, -0.15) is 0 Å². The highest BCUT2D eigenvalue weighted by molar-refractivity contribution is 7.25. The fourth-order valence-electron chi connectivity index (χ4n) is 15.2. The largest absolute Gasteiger partial charge is 0.310 e. The summed E-state index contributed by atoms with van der Waals surface area (Å²) in [6, 6.07) is 126. The number of fused-ring (bicyclic) bond motifs is 9. The molecule has 9 heteroatoms. The van der Waals surface area contributed by atoms with Gasteiger partial charge in [0.05, 0.1) is 31.8 Å². The molecule has 2 aliphatic carbocycles. The van der Waals surface area contributed by atoms with E-state index in [0.29, 0.717) is 0 Å². The molecule has 484 valence electrons. The molecule has 0 N–H and O–H groups in total. The van der Waals surface area contributed by atoms with Crippen LogP contribution in [0.15, 0.2) is 370 Å². The highest BCUT2D eigenvalue weighted by atomic mass is 32.1. The second kappa shape index (κ2) is 25.5. The molecule has 4 aromatic heterocycles. The van der Waals surface area contributed by atoms with Crippen LogP contribution in [0.4, 0.5) is 68.2 Å². The molecule has 0 fully saturated rings. The van der Waals surface area contributed by atoms with E-state index in [1.165, 1.54) is 4.88 Å². The van der Waals surface area contributed by atoms with E-state index >= 15 is 0 Å². The number of hydrogen-bond acceptors (Lipinski definition) is 7. The Morgan fingerprint density at radius 2 is 0.618 bits per heavy atom. The summed E-state index contributed by atoms with van der Waals surface area (Å²) >= 11 is 3.50. The number of aromatic nitrogens is 2. The number of carbonyl (C=O) groups is 1. The second-order valence-electron chi connectivity index (χ2n) is 26.0. The van der Waals surface area contributed by atoms with Crippen LogP contribution in [0, 0.1) is 0 Å². The lowest BCUT2D eigenvalue weighted by atomic mass is 9.96. The minimum Gasteiger partial charge on any atom is -0.310 e. The number of para-hydroxylation sites is 8. The van der Waals surface area contributed by atoms with Gasteiger partial charge in [-0.05, 0) is 212 Å². The Labute approximate surface area is 599 Å². The number of nitrogens with zero attached hydrogens (tertiary/aromatic N) is 6. The average molecular weight is 1350 g/mol. The summed E-state index contributed by atoms with van der Waals surface area (Å²) in [5.41, 5.74) is 22.3. The van der Waals surface area contributed by atoms with Gasteiger partial charge in [-0.1, -0.05) is 170 Å². The van der Waals surface area contributed by atoms with Crippen molar-refractivity contribution in [2.24, 2.45) is 0 Å². The first-order chi connectivity index (χ1) is 50.5. The molecule has 0 aliphatic heterocycles. The molecule has 0 spiro atoms. The molecule has 1 unspecified atom stereocenters. The molecule has 0 saturated carbocycles. The Morgan fingerprint density at radius 1 is 0.304 bits per heavy atom. The Balaban J connectivity index is 0.648. The topological polar surface area (TPSA) is 39.9 Å². The van der Waals surface area contributed by atoms with Crippen molar-refractivity contribution in [3.05, 3.63) is 386 Å². The first kappa shape index (κ1) is 60.4. The zero-order valence-corrected chi connectivity index (χ0v) is 57.0. The van der Waals surface area contributed by atoms with Gasteiger partial charge in [0.2, 0.25) is 0 Å². The lowest BCUT2D eigenvalue weighted by Gasteiger charge is -2.26. The summed E-state index contributed by atoms with van der Waals surface area (Å²) in [7, 11) is 0. The third-order valence-corrected chi connectivity index (χ3v) is 22.5. The predicted molar refractivity (Wildman–Crippen MR) is 430 cm³/mol. The van der Waals surface area contributed by atoms with Crippen molar-refractivity contribution in [2.45, 2.75) is 12.3 Å². The number of rotatable bonds is 16. The van der Waals surface area contributed by atoms with E-state index in [-0.39, 0.29) is 11.7 Å². The van der Waals surface area contributed by atoms with E-state index in [2.05, 4.69) is 399 Å². The van der Waals surface area contributed by atoms with Crippen LogP contribution < -0.4 is 19.6 Å². The number of anilines is 12. The number of benzene rings is 13. The molecular formula is C93H64N6OS2. The third-order valence-electron chi connectivity index (χ3n) is 19.9. The summed E-state index contributed by atoms with van der Waals surface area (Å²) in [6.07, 6.45) is 7.84. The molecule has 4 heterocycles. The van der Waals surface area contributed by atoms with Crippen LogP contribution in [0.1, 0.15) is 33.1 Å². The minimum atomic E-state index is 0.109. The summed E-state index contributed by atoms with van der Waals surface area (Å²) in [6.45, 7) is 0. The van der Waals surface area contributed by atoms with E-state index in [0.717, 1.165) is 161 Å². The maximum Gasteiger partial charge on any atom is 0.196 e. The van der Waals surface area contributed by atoms with E-state index < -0.39 is 0 Å². The summed E-state index contributed by atoms with van der Waals surface area (Å²) in [5, 5.41) is 4.60. The molecule has 13 aromatic carbocycles. The third kappa shape index (κ3) is 10.6. The lowest BCUT2D eigenvalue weighted by Crippen LogP contribution is -2.09. The molecule has 0 radical (unpaired) electrons. The van der Waals surface area contributed by atoms with Gasteiger partial charge in [-0.25, -0.2) is 0 Å². The monoisotopic (exact) mass is 1340 g/mol. The van der Waals surface area contributed by atoms with Gasteiger partial charge in [0.15, 0.2) is 5.78 Å². The Kier molecular flexibility index (Phi) is 15.1. The molecule has 17 aromatic rings. The Bertz CT molecular complexity index is 5610. The molecule has 0 bridgehead atoms. The van der Waals surface area contributed by atoms with E-state index in [1.54, 1.807) is 22.7 Å². The number of allylic oxidation sites excluding steroid dienone is 4. The van der Waals surface area contributed by atoms with Crippen molar-refractivity contribution >= 4 is 146 Å². The first-order valence-electron chi connectivity index (χ1n) is 34.6. The van der Waals surface area contributed by atoms with Gasteiger partial charge in [-0.3, -0.25) is 4.79 Å². The fourth-order valence-corrected chi connectivity index (χ4v) is 17.8. The van der Waals surface area contributed by atoms with Crippen molar-refractivity contribution in [3.8, 4) is 25.9 Å². The van der Waals surface area contributed by atoms with Crippen molar-refractivity contribution in [1.29, 1.82) is 0 Å². The highest BCUT2D eigenvalue weighted by Gasteiger charge is 2.34. The van der Waals surface area contributed by atoms with Gasteiger partial charge in [0, 0.05) is 128 Å². The number of hydrogen-bond donors (Lipinski definition) is 0. The maximum absolute atomic E-state index is 14.6. The minimum absolute atomic E-state index is 0.109. The van der Waals surface area contributed by atoms with Gasteiger partial charge in [0.1, 0.15) is 0 Å². The van der Waals surface area contributed by atoms with Gasteiger partial charge in [-0.15, -0.1) is 22.7 Å². The fraction of sp³-hybridized carbons (Fsp3) is 0.0215. The quantitative estimate of drug-likeness (QED) is 0.0964. The number of thiophene rings is 2. The lowest BCUT2D eigenvalue weighted by molar-refractivity contribution is 0.104. The van der Waals surface area contributed by atoms with Crippen molar-refractivity contribution in [3.63, 3.8) is 0 Å². The normalized spacial score (nSPS) is 13.2. The molecular weight excluding hydrogens is 1280 g/mol. The number of carbonyl (C=O) groups excluding carboxylic acids is 1. The maximum atomic E-state index is 14.6. The summed E-state index contributed by atoms with van der Waals surface area (Å²) in [5.74, 6) is 0.227. The Morgan fingerprint density at radius 3 is 0.941 bits per heavy atom. The number of ketones is 1. The van der Waals surface area contributed by atoms with Gasteiger partial charge in [0.25, 0.3) is 0 Å². The van der Waals surface area contributed by atoms with Crippen LogP contribution >= 0.6 is 22.7 Å². The highest BCUT2D eigenvalue weighted by Crippen LogP contribution is 2.52. The molecule has 0 amide bonds. The summed E-state index contributed by atoms with van der Waals surface area (Å²) < 4.78 is 4.84. The smallest absolute Gasteiger partial charge is 0.196 e. The molecule has 7 nitrogen and oxygen atoms in total. The van der Waals surface area contributed by atoms with E-state index in [1.807, 2.05) is 0 Å². The van der Waals surface area contributed by atoms with Gasteiger partial charge < -0.3 is 28.7 Å². The van der Waals surface area contributed by atoms with Crippen molar-refractivity contribution in [2.75, 3.05) is 19.6 Å². The molecule has 102 heavy (non-hydrogen) atoms. The zero-order valence-electron chi connectivity index (χ0n) is 55.4.